The van der Waals surface area contributed by atoms with Gasteiger partial charge >= 0.3 is 0 Å². The SMILES string of the molecule is COc1ccc(CN)cc1Cn1ccc2c(C)cccc21. The summed E-state index contributed by atoms with van der Waals surface area (Å²) >= 11 is 0. The first kappa shape index (κ1) is 13.7. The standard InChI is InChI=1S/C18H20N2O/c1-13-4-3-5-17-16(13)8-9-20(17)12-15-10-14(11-19)6-7-18(15)21-2/h3-10H,11-12,19H2,1-2H3. The molecule has 3 rings (SSSR count). The number of nitrogens with zero attached hydrogens (tertiary/aromatic N) is 1. The van der Waals surface area contributed by atoms with Gasteiger partial charge in [0.25, 0.3) is 0 Å². The average Bonchev–Trinajstić information content (AvgIpc) is 2.92. The maximum absolute atomic E-state index is 5.75. The number of benzene rings is 2. The minimum absolute atomic E-state index is 0.544. The quantitative estimate of drug-likeness (QED) is 0.795. The van der Waals surface area contributed by atoms with Crippen molar-refractivity contribution < 1.29 is 4.74 Å². The number of fused-ring (bicyclic) bond motifs is 1. The van der Waals surface area contributed by atoms with Crippen molar-refractivity contribution in [2.75, 3.05) is 7.11 Å². The van der Waals surface area contributed by atoms with Gasteiger partial charge in [0.2, 0.25) is 0 Å². The number of ether oxygens (including phenoxy) is 1. The van der Waals surface area contributed by atoms with E-state index in [9.17, 15) is 0 Å². The lowest BCUT2D eigenvalue weighted by Crippen LogP contribution is -2.03. The molecule has 0 spiro atoms. The van der Waals surface area contributed by atoms with Crippen LogP contribution < -0.4 is 10.5 Å². The Bertz CT molecular complexity index is 774. The molecular formula is C18H20N2O. The molecule has 0 aliphatic carbocycles. The van der Waals surface area contributed by atoms with E-state index in [4.69, 9.17) is 10.5 Å². The Kier molecular flexibility index (Phi) is 3.67. The van der Waals surface area contributed by atoms with Crippen molar-refractivity contribution in [2.24, 2.45) is 5.73 Å². The van der Waals surface area contributed by atoms with Gasteiger partial charge in [-0.25, -0.2) is 0 Å². The van der Waals surface area contributed by atoms with Gasteiger partial charge in [-0.15, -0.1) is 0 Å². The summed E-state index contributed by atoms with van der Waals surface area (Å²) in [6.07, 6.45) is 2.13. The van der Waals surface area contributed by atoms with Gasteiger partial charge < -0.3 is 15.0 Å². The monoisotopic (exact) mass is 280 g/mol. The van der Waals surface area contributed by atoms with E-state index < -0.39 is 0 Å². The van der Waals surface area contributed by atoms with Gasteiger partial charge in [0.15, 0.2) is 0 Å². The Morgan fingerprint density at radius 1 is 1.14 bits per heavy atom. The maximum atomic E-state index is 5.75. The number of aryl methyl sites for hydroxylation is 1. The summed E-state index contributed by atoms with van der Waals surface area (Å²) in [5.74, 6) is 0.904. The van der Waals surface area contributed by atoms with E-state index in [1.807, 2.05) is 12.1 Å². The highest BCUT2D eigenvalue weighted by Crippen LogP contribution is 2.25. The predicted octanol–water partition coefficient (Wildman–Crippen LogP) is 3.47. The molecule has 21 heavy (non-hydrogen) atoms. The summed E-state index contributed by atoms with van der Waals surface area (Å²) in [6, 6.07) is 14.7. The van der Waals surface area contributed by atoms with Crippen LogP contribution in [0.15, 0.2) is 48.7 Å². The number of methoxy groups -OCH3 is 1. The molecule has 0 radical (unpaired) electrons. The third-order valence-electron chi connectivity index (χ3n) is 3.95. The molecule has 0 atom stereocenters. The van der Waals surface area contributed by atoms with Gasteiger partial charge in [-0.3, -0.25) is 0 Å². The van der Waals surface area contributed by atoms with Crippen LogP contribution in [0.1, 0.15) is 16.7 Å². The second kappa shape index (κ2) is 5.62. The lowest BCUT2D eigenvalue weighted by molar-refractivity contribution is 0.408. The number of hydrogen-bond acceptors (Lipinski definition) is 2. The second-order valence-corrected chi connectivity index (χ2v) is 5.30. The largest absolute Gasteiger partial charge is 0.496 e. The van der Waals surface area contributed by atoms with E-state index in [1.165, 1.54) is 16.5 Å². The predicted molar refractivity (Wildman–Crippen MR) is 86.7 cm³/mol. The molecule has 0 saturated carbocycles. The van der Waals surface area contributed by atoms with Crippen molar-refractivity contribution in [2.45, 2.75) is 20.0 Å². The summed E-state index contributed by atoms with van der Waals surface area (Å²) < 4.78 is 7.73. The maximum Gasteiger partial charge on any atom is 0.123 e. The summed E-state index contributed by atoms with van der Waals surface area (Å²) in [4.78, 5) is 0. The smallest absolute Gasteiger partial charge is 0.123 e. The van der Waals surface area contributed by atoms with Crippen LogP contribution in [0.5, 0.6) is 5.75 Å². The average molecular weight is 280 g/mol. The number of aromatic nitrogens is 1. The Balaban J connectivity index is 2.04. The first-order valence-electron chi connectivity index (χ1n) is 7.13. The fourth-order valence-electron chi connectivity index (χ4n) is 2.78. The Hall–Kier alpha value is -2.26. The van der Waals surface area contributed by atoms with Gasteiger partial charge in [0, 0.05) is 29.2 Å². The lowest BCUT2D eigenvalue weighted by atomic mass is 10.1. The van der Waals surface area contributed by atoms with E-state index in [1.54, 1.807) is 7.11 Å². The van der Waals surface area contributed by atoms with Crippen molar-refractivity contribution in [1.29, 1.82) is 0 Å². The molecule has 1 heterocycles. The van der Waals surface area contributed by atoms with Gasteiger partial charge in [-0.05, 0) is 42.3 Å². The summed E-state index contributed by atoms with van der Waals surface area (Å²) in [5.41, 5.74) is 10.6. The van der Waals surface area contributed by atoms with Crippen LogP contribution >= 0.6 is 0 Å². The third kappa shape index (κ3) is 2.52. The Labute approximate surface area is 125 Å². The first-order chi connectivity index (χ1) is 10.2. The topological polar surface area (TPSA) is 40.2 Å². The first-order valence-corrected chi connectivity index (χ1v) is 7.13. The molecule has 0 aliphatic heterocycles. The molecule has 0 fully saturated rings. The van der Waals surface area contributed by atoms with Crippen molar-refractivity contribution in [3.8, 4) is 5.75 Å². The molecule has 3 heteroatoms. The van der Waals surface area contributed by atoms with E-state index in [0.717, 1.165) is 23.4 Å². The number of rotatable bonds is 4. The molecule has 108 valence electrons. The highest BCUT2D eigenvalue weighted by molar-refractivity contribution is 5.83. The minimum Gasteiger partial charge on any atom is -0.496 e. The van der Waals surface area contributed by atoms with Crippen LogP contribution in [0.2, 0.25) is 0 Å². The molecule has 0 unspecified atom stereocenters. The molecular weight excluding hydrogens is 260 g/mol. The molecule has 0 amide bonds. The van der Waals surface area contributed by atoms with Crippen LogP contribution in [-0.4, -0.2) is 11.7 Å². The molecule has 1 aromatic heterocycles. The molecule has 3 aromatic rings. The van der Waals surface area contributed by atoms with Gasteiger partial charge in [-0.1, -0.05) is 18.2 Å². The third-order valence-corrected chi connectivity index (χ3v) is 3.95. The zero-order valence-electron chi connectivity index (χ0n) is 12.5. The molecule has 2 aromatic carbocycles. The summed E-state index contributed by atoms with van der Waals surface area (Å²) in [7, 11) is 1.71. The normalized spacial score (nSPS) is 11.0. The van der Waals surface area contributed by atoms with E-state index in [2.05, 4.69) is 48.0 Å². The fourth-order valence-corrected chi connectivity index (χ4v) is 2.78. The van der Waals surface area contributed by atoms with Gasteiger partial charge in [0.1, 0.15) is 5.75 Å². The van der Waals surface area contributed by atoms with E-state index in [0.29, 0.717) is 6.54 Å². The van der Waals surface area contributed by atoms with E-state index in [-0.39, 0.29) is 0 Å². The molecule has 2 N–H and O–H groups in total. The minimum atomic E-state index is 0.544. The number of nitrogens with two attached hydrogens (primary N) is 1. The van der Waals surface area contributed by atoms with Crippen molar-refractivity contribution >= 4 is 10.9 Å². The fraction of sp³-hybridized carbons (Fsp3) is 0.222. The zero-order valence-corrected chi connectivity index (χ0v) is 12.5. The number of hydrogen-bond donors (Lipinski definition) is 1. The van der Waals surface area contributed by atoms with Gasteiger partial charge in [-0.2, -0.15) is 0 Å². The van der Waals surface area contributed by atoms with Crippen molar-refractivity contribution in [3.05, 3.63) is 65.4 Å². The zero-order chi connectivity index (χ0) is 14.8. The van der Waals surface area contributed by atoms with E-state index >= 15 is 0 Å². The van der Waals surface area contributed by atoms with Crippen LogP contribution in [0, 0.1) is 6.92 Å². The summed E-state index contributed by atoms with van der Waals surface area (Å²) in [6.45, 7) is 3.47. The Morgan fingerprint density at radius 2 is 2.00 bits per heavy atom. The molecule has 0 saturated heterocycles. The highest BCUT2D eigenvalue weighted by atomic mass is 16.5. The van der Waals surface area contributed by atoms with Crippen LogP contribution in [0.3, 0.4) is 0 Å². The summed E-state index contributed by atoms with van der Waals surface area (Å²) in [5, 5.41) is 1.30. The van der Waals surface area contributed by atoms with Crippen molar-refractivity contribution in [3.63, 3.8) is 0 Å². The molecule has 3 nitrogen and oxygen atoms in total. The van der Waals surface area contributed by atoms with Crippen LogP contribution in [0.4, 0.5) is 0 Å². The van der Waals surface area contributed by atoms with Crippen molar-refractivity contribution in [1.82, 2.24) is 4.57 Å². The highest BCUT2D eigenvalue weighted by Gasteiger charge is 2.08. The second-order valence-electron chi connectivity index (χ2n) is 5.30. The van der Waals surface area contributed by atoms with Crippen LogP contribution in [-0.2, 0) is 13.1 Å². The van der Waals surface area contributed by atoms with Gasteiger partial charge in [0.05, 0.1) is 13.7 Å². The lowest BCUT2D eigenvalue weighted by Gasteiger charge is -2.12. The molecule has 0 aliphatic rings. The Morgan fingerprint density at radius 3 is 2.76 bits per heavy atom. The van der Waals surface area contributed by atoms with Crippen LogP contribution in [0.25, 0.3) is 10.9 Å². The molecule has 0 bridgehead atoms.